The molecular weight excluding hydrogens is 487 g/mol. The summed E-state index contributed by atoms with van der Waals surface area (Å²) in [7, 11) is 0. The van der Waals surface area contributed by atoms with Crippen molar-refractivity contribution < 1.29 is 4.39 Å². The van der Waals surface area contributed by atoms with Crippen LogP contribution in [0, 0.1) is 12.7 Å². The van der Waals surface area contributed by atoms with Gasteiger partial charge in [-0.2, -0.15) is 0 Å². The molecule has 1 N–H and O–H groups in total. The average molecular weight is 507 g/mol. The van der Waals surface area contributed by atoms with Gasteiger partial charge in [0.2, 0.25) is 0 Å². The zero-order valence-electron chi connectivity index (χ0n) is 17.2. The Morgan fingerprint density at radius 2 is 1.88 bits per heavy atom. The molecule has 1 saturated heterocycles. The summed E-state index contributed by atoms with van der Waals surface area (Å²) < 4.78 is 17.1. The Morgan fingerprint density at radius 1 is 1.00 bits per heavy atom. The van der Waals surface area contributed by atoms with E-state index in [0.717, 1.165) is 32.8 Å². The maximum Gasteiger partial charge on any atom is 0.174 e. The van der Waals surface area contributed by atoms with Gasteiger partial charge in [-0.15, -0.1) is 0 Å². The zero-order valence-corrected chi connectivity index (χ0v) is 19.6. The Hall–Kier alpha value is -3.03. The van der Waals surface area contributed by atoms with E-state index in [2.05, 4.69) is 50.2 Å². The summed E-state index contributed by atoms with van der Waals surface area (Å²) in [4.78, 5) is 6.73. The quantitative estimate of drug-likeness (QED) is 0.331. The van der Waals surface area contributed by atoms with Crippen LogP contribution >= 0.6 is 28.1 Å². The van der Waals surface area contributed by atoms with Crippen molar-refractivity contribution >= 4 is 38.9 Å². The predicted molar refractivity (Wildman–Crippen MR) is 133 cm³/mol. The lowest BCUT2D eigenvalue weighted by Gasteiger charge is -2.29. The molecule has 0 unspecified atom stereocenters. The number of benzene rings is 2. The lowest BCUT2D eigenvalue weighted by Crippen LogP contribution is -2.30. The Balaban J connectivity index is 1.68. The lowest BCUT2D eigenvalue weighted by atomic mass is 10.0. The smallest absolute Gasteiger partial charge is 0.174 e. The molecule has 0 aliphatic carbocycles. The predicted octanol–water partition coefficient (Wildman–Crippen LogP) is 6.26. The molecule has 0 amide bonds. The molecule has 3 heterocycles. The van der Waals surface area contributed by atoms with Crippen LogP contribution < -0.4 is 10.2 Å². The van der Waals surface area contributed by atoms with Crippen LogP contribution in [0.3, 0.4) is 0 Å². The molecule has 7 heteroatoms. The zero-order chi connectivity index (χ0) is 22.2. The third kappa shape index (κ3) is 3.72. The fourth-order valence-corrected chi connectivity index (χ4v) is 4.80. The Kier molecular flexibility index (Phi) is 5.53. The van der Waals surface area contributed by atoms with Crippen molar-refractivity contribution in [2.75, 3.05) is 4.90 Å². The number of pyridine rings is 1. The van der Waals surface area contributed by atoms with E-state index in [4.69, 9.17) is 12.2 Å². The minimum atomic E-state index is -0.274. The number of nitrogens with zero attached hydrogens (tertiary/aromatic N) is 3. The van der Waals surface area contributed by atoms with Gasteiger partial charge in [-0.05, 0) is 85.4 Å². The second-order valence-corrected chi connectivity index (χ2v) is 8.95. The first-order chi connectivity index (χ1) is 15.5. The number of nitrogens with one attached hydrogen (secondary N) is 1. The van der Waals surface area contributed by atoms with Gasteiger partial charge in [-0.25, -0.2) is 4.39 Å². The van der Waals surface area contributed by atoms with Gasteiger partial charge in [-0.1, -0.05) is 28.1 Å². The van der Waals surface area contributed by atoms with Crippen LogP contribution in [0.1, 0.15) is 29.0 Å². The SMILES string of the molecule is Cc1cc(N2C(=S)N[C@H](c3ccccn3)[C@@H]2c2cccn2-c2cccc(F)c2)ccc1Br. The third-order valence-corrected chi connectivity index (χ3v) is 6.89. The number of aromatic nitrogens is 2. The highest BCUT2D eigenvalue weighted by molar-refractivity contribution is 9.10. The largest absolute Gasteiger partial charge is 0.351 e. The first-order valence-electron chi connectivity index (χ1n) is 10.2. The van der Waals surface area contributed by atoms with Crippen LogP contribution in [0.15, 0.2) is 89.7 Å². The van der Waals surface area contributed by atoms with Gasteiger partial charge in [0.1, 0.15) is 11.9 Å². The Morgan fingerprint density at radius 3 is 2.62 bits per heavy atom. The molecule has 32 heavy (non-hydrogen) atoms. The molecule has 0 radical (unpaired) electrons. The molecular formula is C25H20BrFN4S. The summed E-state index contributed by atoms with van der Waals surface area (Å²) in [6, 6.07) is 22.3. The van der Waals surface area contributed by atoms with Crippen molar-refractivity contribution in [3.8, 4) is 5.69 Å². The number of rotatable bonds is 4. The van der Waals surface area contributed by atoms with Gasteiger partial charge in [0.15, 0.2) is 5.11 Å². The Bertz CT molecular complexity index is 1290. The molecule has 2 atom stereocenters. The highest BCUT2D eigenvalue weighted by atomic mass is 79.9. The lowest BCUT2D eigenvalue weighted by molar-refractivity contribution is 0.548. The molecule has 0 bridgehead atoms. The second-order valence-electron chi connectivity index (χ2n) is 7.71. The van der Waals surface area contributed by atoms with Gasteiger partial charge in [0, 0.05) is 33.9 Å². The van der Waals surface area contributed by atoms with E-state index < -0.39 is 0 Å². The molecule has 1 aliphatic heterocycles. The van der Waals surface area contributed by atoms with E-state index in [9.17, 15) is 4.39 Å². The summed E-state index contributed by atoms with van der Waals surface area (Å²) in [5.41, 5.74) is 4.74. The fourth-order valence-electron chi connectivity index (χ4n) is 4.21. The summed E-state index contributed by atoms with van der Waals surface area (Å²) in [6.45, 7) is 2.06. The van der Waals surface area contributed by atoms with Crippen molar-refractivity contribution in [1.82, 2.24) is 14.9 Å². The first-order valence-corrected chi connectivity index (χ1v) is 11.4. The van der Waals surface area contributed by atoms with Crippen molar-refractivity contribution in [1.29, 1.82) is 0 Å². The van der Waals surface area contributed by atoms with Crippen molar-refractivity contribution in [2.45, 2.75) is 19.0 Å². The summed E-state index contributed by atoms with van der Waals surface area (Å²) in [5, 5.41) is 4.10. The molecule has 4 nitrogen and oxygen atoms in total. The number of hydrogen-bond donors (Lipinski definition) is 1. The average Bonchev–Trinajstić information content (AvgIpc) is 3.40. The third-order valence-electron chi connectivity index (χ3n) is 5.69. The molecule has 0 saturated carbocycles. The van der Waals surface area contributed by atoms with Crippen LogP contribution in [0.5, 0.6) is 0 Å². The molecule has 2 aromatic heterocycles. The van der Waals surface area contributed by atoms with Crippen LogP contribution in [0.4, 0.5) is 10.1 Å². The minimum Gasteiger partial charge on any atom is -0.351 e. The van der Waals surface area contributed by atoms with E-state index in [-0.39, 0.29) is 17.9 Å². The van der Waals surface area contributed by atoms with Gasteiger partial charge in [0.25, 0.3) is 0 Å². The molecule has 2 aromatic carbocycles. The maximum absolute atomic E-state index is 14.0. The maximum atomic E-state index is 14.0. The molecule has 5 rings (SSSR count). The molecule has 1 aliphatic rings. The summed E-state index contributed by atoms with van der Waals surface area (Å²) in [5.74, 6) is -0.274. The number of anilines is 1. The minimum absolute atomic E-state index is 0.171. The second kappa shape index (κ2) is 8.48. The van der Waals surface area contributed by atoms with Crippen molar-refractivity contribution in [2.24, 2.45) is 0 Å². The van der Waals surface area contributed by atoms with Gasteiger partial charge >= 0.3 is 0 Å². The standard InChI is InChI=1S/C25H20BrFN4S/c1-16-14-19(10-11-20(16)26)31-24(23(29-25(31)32)21-8-2-3-12-28-21)22-9-5-13-30(22)18-7-4-6-17(27)15-18/h2-15,23-24H,1H3,(H,29,32)/t23-,24+/m1/s1. The highest BCUT2D eigenvalue weighted by Crippen LogP contribution is 2.42. The van der Waals surface area contributed by atoms with Crippen LogP contribution in [-0.4, -0.2) is 14.7 Å². The normalized spacial score (nSPS) is 18.1. The van der Waals surface area contributed by atoms with Crippen molar-refractivity contribution in [3.05, 3.63) is 112 Å². The summed E-state index contributed by atoms with van der Waals surface area (Å²) >= 11 is 9.40. The van der Waals surface area contributed by atoms with E-state index in [1.807, 2.05) is 53.2 Å². The van der Waals surface area contributed by atoms with Crippen LogP contribution in [-0.2, 0) is 0 Å². The number of thiocarbonyl (C=S) groups is 1. The highest BCUT2D eigenvalue weighted by Gasteiger charge is 2.42. The van der Waals surface area contributed by atoms with Gasteiger partial charge < -0.3 is 14.8 Å². The van der Waals surface area contributed by atoms with Crippen LogP contribution in [0.25, 0.3) is 5.69 Å². The molecule has 1 fully saturated rings. The number of aryl methyl sites for hydroxylation is 1. The molecule has 160 valence electrons. The summed E-state index contributed by atoms with van der Waals surface area (Å²) in [6.07, 6.45) is 3.74. The van der Waals surface area contributed by atoms with Crippen molar-refractivity contribution in [3.63, 3.8) is 0 Å². The molecule has 4 aromatic rings. The number of halogens is 2. The van der Waals surface area contributed by atoms with E-state index in [1.54, 1.807) is 12.3 Å². The van der Waals surface area contributed by atoms with Gasteiger partial charge in [0.05, 0.1) is 11.7 Å². The topological polar surface area (TPSA) is 33.1 Å². The van der Waals surface area contributed by atoms with E-state index in [0.29, 0.717) is 5.11 Å². The van der Waals surface area contributed by atoms with E-state index >= 15 is 0 Å². The fraction of sp³-hybridized carbons (Fsp3) is 0.120. The Labute approximate surface area is 199 Å². The van der Waals surface area contributed by atoms with Crippen LogP contribution in [0.2, 0.25) is 0 Å². The molecule has 0 spiro atoms. The first kappa shape index (κ1) is 20.8. The van der Waals surface area contributed by atoms with Gasteiger partial charge in [-0.3, -0.25) is 4.98 Å². The monoisotopic (exact) mass is 506 g/mol. The number of hydrogen-bond acceptors (Lipinski definition) is 2. The van der Waals surface area contributed by atoms with E-state index in [1.165, 1.54) is 12.1 Å².